The number of amides is 2. The lowest BCUT2D eigenvalue weighted by molar-refractivity contribution is -0.127. The Morgan fingerprint density at radius 2 is 1.57 bits per heavy atom. The van der Waals surface area contributed by atoms with Crippen LogP contribution in [0.25, 0.3) is 0 Å². The first-order valence-corrected chi connectivity index (χ1v) is 11.4. The Kier molecular flexibility index (Phi) is 4.62. The molecule has 2 amide bonds. The van der Waals surface area contributed by atoms with Crippen LogP contribution < -0.4 is 4.90 Å². The van der Waals surface area contributed by atoms with E-state index in [1.54, 1.807) is 37.3 Å². The molecule has 3 aliphatic rings. The number of hydrogen-bond acceptors (Lipinski definition) is 5. The van der Waals surface area contributed by atoms with E-state index in [-0.39, 0.29) is 22.4 Å². The maximum atomic E-state index is 14.1. The van der Waals surface area contributed by atoms with Crippen LogP contribution in [0.4, 0.5) is 10.1 Å². The fraction of sp³-hybridized carbons (Fsp3) is 0.185. The number of rotatable bonds is 2. The topological polar surface area (TPSA) is 80.8 Å². The lowest BCUT2D eigenvalue weighted by Gasteiger charge is -2.27. The summed E-state index contributed by atoms with van der Waals surface area (Å²) in [6.45, 7) is 1.78. The third kappa shape index (κ3) is 2.79. The quantitative estimate of drug-likeness (QED) is 0.391. The van der Waals surface area contributed by atoms with Crippen molar-refractivity contribution in [1.82, 2.24) is 0 Å². The first kappa shape index (κ1) is 21.8. The van der Waals surface area contributed by atoms with Crippen molar-refractivity contribution in [2.45, 2.75) is 18.6 Å². The molecule has 1 spiro atoms. The van der Waals surface area contributed by atoms with Crippen molar-refractivity contribution in [3.63, 3.8) is 0 Å². The summed E-state index contributed by atoms with van der Waals surface area (Å²) in [7, 11) is 0. The second-order valence-electron chi connectivity index (χ2n) is 8.98. The third-order valence-electron chi connectivity index (χ3n) is 7.11. The number of nitrogens with zero attached hydrogens (tertiary/aromatic N) is 1. The molecule has 3 aromatic carbocycles. The molecular formula is C27H17ClFNO5. The van der Waals surface area contributed by atoms with E-state index in [0.29, 0.717) is 5.02 Å². The highest BCUT2D eigenvalue weighted by atomic mass is 35.5. The number of anilines is 1. The van der Waals surface area contributed by atoms with Gasteiger partial charge in [-0.05, 0) is 42.3 Å². The van der Waals surface area contributed by atoms with Crippen LogP contribution in [0.15, 0.2) is 66.7 Å². The van der Waals surface area contributed by atoms with Crippen molar-refractivity contribution < 1.29 is 28.3 Å². The summed E-state index contributed by atoms with van der Waals surface area (Å²) in [5.41, 5.74) is -0.696. The lowest BCUT2D eigenvalue weighted by atomic mass is 9.77. The highest BCUT2D eigenvalue weighted by Crippen LogP contribution is 2.57. The Bertz CT molecular complexity index is 1450. The van der Waals surface area contributed by atoms with E-state index in [1.807, 2.05) is 0 Å². The molecule has 3 aromatic rings. The molecule has 0 radical (unpaired) electrons. The number of imide groups is 1. The first-order valence-electron chi connectivity index (χ1n) is 11.0. The number of fused-ring (bicyclic) bond motifs is 3. The van der Waals surface area contributed by atoms with Gasteiger partial charge >= 0.3 is 0 Å². The molecule has 0 saturated carbocycles. The van der Waals surface area contributed by atoms with E-state index >= 15 is 0 Å². The van der Waals surface area contributed by atoms with Crippen molar-refractivity contribution in [2.75, 3.05) is 4.90 Å². The van der Waals surface area contributed by atoms with E-state index in [2.05, 4.69) is 0 Å². The van der Waals surface area contributed by atoms with Gasteiger partial charge in [-0.15, -0.1) is 0 Å². The van der Waals surface area contributed by atoms with E-state index in [9.17, 15) is 23.6 Å². The van der Waals surface area contributed by atoms with Crippen molar-refractivity contribution in [2.24, 2.45) is 11.8 Å². The SMILES string of the molecule is Cc1ccc(N2C(=O)[C@@H]3[C@H](c4cccc(F)c4)OC4(C(=O)c5ccccc5C4=O)[C@H]3C2=O)cc1Cl. The molecule has 0 aromatic heterocycles. The molecule has 2 aliphatic heterocycles. The molecule has 8 heteroatoms. The van der Waals surface area contributed by atoms with Gasteiger partial charge in [0.05, 0.1) is 23.6 Å². The van der Waals surface area contributed by atoms with Crippen molar-refractivity contribution in [1.29, 1.82) is 0 Å². The summed E-state index contributed by atoms with van der Waals surface area (Å²) in [4.78, 5) is 55.9. The van der Waals surface area contributed by atoms with Gasteiger partial charge in [0.1, 0.15) is 5.82 Å². The number of carbonyl (C=O) groups excluding carboxylic acids is 4. The number of aryl methyl sites for hydroxylation is 1. The van der Waals surface area contributed by atoms with E-state index in [1.165, 1.54) is 36.4 Å². The number of carbonyl (C=O) groups is 4. The van der Waals surface area contributed by atoms with Crippen LogP contribution in [0.3, 0.4) is 0 Å². The Morgan fingerprint density at radius 1 is 0.886 bits per heavy atom. The van der Waals surface area contributed by atoms with Crippen molar-refractivity contribution >= 4 is 40.7 Å². The molecule has 6 rings (SSSR count). The van der Waals surface area contributed by atoms with Gasteiger partial charge in [-0.25, -0.2) is 9.29 Å². The average molecular weight is 490 g/mol. The van der Waals surface area contributed by atoms with E-state index in [4.69, 9.17) is 16.3 Å². The van der Waals surface area contributed by atoms with Gasteiger partial charge in [-0.2, -0.15) is 0 Å². The molecule has 174 valence electrons. The number of halogens is 2. The second-order valence-corrected chi connectivity index (χ2v) is 9.39. The molecule has 0 bridgehead atoms. The van der Waals surface area contributed by atoms with Gasteiger partial charge in [-0.3, -0.25) is 19.2 Å². The fourth-order valence-electron chi connectivity index (χ4n) is 5.48. The highest BCUT2D eigenvalue weighted by Gasteiger charge is 2.74. The van der Waals surface area contributed by atoms with Gasteiger partial charge in [0, 0.05) is 16.1 Å². The molecule has 35 heavy (non-hydrogen) atoms. The number of hydrogen-bond donors (Lipinski definition) is 0. The largest absolute Gasteiger partial charge is 0.349 e. The van der Waals surface area contributed by atoms with Crippen LogP contribution in [0.5, 0.6) is 0 Å². The zero-order valence-electron chi connectivity index (χ0n) is 18.3. The standard InChI is InChI=1S/C27H17ClFNO5/c1-13-9-10-16(12-19(13)28)30-25(33)20-21(26(30)34)27(35-22(20)14-5-4-6-15(29)11-14)23(31)17-7-2-3-8-18(17)24(27)32/h2-12,20-22H,1H3/t20-,21+,22-/m0/s1. The molecule has 2 fully saturated rings. The molecule has 6 nitrogen and oxygen atoms in total. The normalized spacial score (nSPS) is 24.4. The summed E-state index contributed by atoms with van der Waals surface area (Å²) in [6, 6.07) is 16.4. The summed E-state index contributed by atoms with van der Waals surface area (Å²) in [6.07, 6.45) is -1.18. The second kappa shape index (κ2) is 7.41. The summed E-state index contributed by atoms with van der Waals surface area (Å²) in [5.74, 6) is -5.89. The number of benzene rings is 3. The number of ether oxygens (including phenoxy) is 1. The maximum absolute atomic E-state index is 14.1. The Labute approximate surface area is 204 Å². The molecule has 2 heterocycles. The number of Topliss-reactive ketones (excluding diaryl/α,β-unsaturated/α-hetero) is 2. The van der Waals surface area contributed by atoms with Crippen LogP contribution in [-0.2, 0) is 14.3 Å². The van der Waals surface area contributed by atoms with Gasteiger partial charge in [0.2, 0.25) is 29.0 Å². The van der Waals surface area contributed by atoms with Crippen molar-refractivity contribution in [3.8, 4) is 0 Å². The Balaban J connectivity index is 1.55. The van der Waals surface area contributed by atoms with Crippen LogP contribution in [0, 0.1) is 24.6 Å². The monoisotopic (exact) mass is 489 g/mol. The molecule has 0 N–H and O–H groups in total. The first-order chi connectivity index (χ1) is 16.8. The van der Waals surface area contributed by atoms with Gasteiger partial charge in [-0.1, -0.05) is 54.1 Å². The van der Waals surface area contributed by atoms with Gasteiger partial charge in [0.25, 0.3) is 0 Å². The van der Waals surface area contributed by atoms with Crippen LogP contribution in [0.1, 0.15) is 37.9 Å². The highest BCUT2D eigenvalue weighted by molar-refractivity contribution is 6.37. The average Bonchev–Trinajstić information content (AvgIpc) is 3.41. The summed E-state index contributed by atoms with van der Waals surface area (Å²) in [5, 5.41) is 0.355. The van der Waals surface area contributed by atoms with Gasteiger partial charge in [0.15, 0.2) is 0 Å². The minimum atomic E-state index is -2.21. The van der Waals surface area contributed by atoms with E-state index < -0.39 is 52.7 Å². The fourth-order valence-corrected chi connectivity index (χ4v) is 5.65. The van der Waals surface area contributed by atoms with Gasteiger partial charge < -0.3 is 4.74 Å². The van der Waals surface area contributed by atoms with Crippen molar-refractivity contribution in [3.05, 3.63) is 99.8 Å². The lowest BCUT2D eigenvalue weighted by Crippen LogP contribution is -2.51. The predicted octanol–water partition coefficient (Wildman–Crippen LogP) is 4.48. The molecule has 0 unspecified atom stereocenters. The zero-order valence-corrected chi connectivity index (χ0v) is 19.1. The van der Waals surface area contributed by atoms with Crippen LogP contribution >= 0.6 is 11.6 Å². The minimum absolute atomic E-state index is 0.133. The third-order valence-corrected chi connectivity index (χ3v) is 7.52. The van der Waals surface area contributed by atoms with Crippen LogP contribution in [-0.4, -0.2) is 29.0 Å². The molecular weight excluding hydrogens is 473 g/mol. The Hall–Kier alpha value is -3.68. The smallest absolute Gasteiger partial charge is 0.241 e. The molecule has 3 atom stereocenters. The van der Waals surface area contributed by atoms with E-state index in [0.717, 1.165) is 10.5 Å². The minimum Gasteiger partial charge on any atom is -0.349 e. The number of ketones is 2. The summed E-state index contributed by atoms with van der Waals surface area (Å²) >= 11 is 6.25. The molecule has 1 aliphatic carbocycles. The Morgan fingerprint density at radius 3 is 2.20 bits per heavy atom. The predicted molar refractivity (Wildman–Crippen MR) is 124 cm³/mol. The maximum Gasteiger partial charge on any atom is 0.241 e. The summed E-state index contributed by atoms with van der Waals surface area (Å²) < 4.78 is 20.3. The zero-order chi connectivity index (χ0) is 24.6. The van der Waals surface area contributed by atoms with Crippen LogP contribution in [0.2, 0.25) is 5.02 Å². The molecule has 2 saturated heterocycles.